The van der Waals surface area contributed by atoms with Gasteiger partial charge in [0.15, 0.2) is 5.82 Å². The van der Waals surface area contributed by atoms with Gasteiger partial charge in [0, 0.05) is 22.6 Å². The second-order valence-corrected chi connectivity index (χ2v) is 7.64. The van der Waals surface area contributed by atoms with Crippen LogP contribution in [0.5, 0.6) is 0 Å². The first-order valence-corrected chi connectivity index (χ1v) is 10.3. The van der Waals surface area contributed by atoms with Crippen molar-refractivity contribution in [2.45, 2.75) is 13.8 Å². The molecule has 0 atom stereocenters. The summed E-state index contributed by atoms with van der Waals surface area (Å²) in [6.45, 7) is 3.85. The van der Waals surface area contributed by atoms with Gasteiger partial charge in [-0.2, -0.15) is 5.10 Å². The molecule has 4 rings (SSSR count). The minimum absolute atomic E-state index is 0.336. The molecule has 0 bridgehead atoms. The monoisotopic (exact) mass is 445 g/mol. The summed E-state index contributed by atoms with van der Waals surface area (Å²) < 4.78 is 1.72. The summed E-state index contributed by atoms with van der Waals surface area (Å²) in [6.07, 6.45) is 1.48. The maximum Gasteiger partial charge on any atom is 0.257 e. The molecule has 4 aromatic rings. The number of pyridine rings is 1. The van der Waals surface area contributed by atoms with E-state index in [9.17, 15) is 9.59 Å². The van der Waals surface area contributed by atoms with Gasteiger partial charge >= 0.3 is 0 Å². The average molecular weight is 446 g/mol. The van der Waals surface area contributed by atoms with E-state index in [1.165, 1.54) is 6.20 Å². The second kappa shape index (κ2) is 9.03. The van der Waals surface area contributed by atoms with Gasteiger partial charge in [0.25, 0.3) is 11.8 Å². The van der Waals surface area contributed by atoms with Gasteiger partial charge < -0.3 is 10.6 Å². The Bertz CT molecular complexity index is 1280. The van der Waals surface area contributed by atoms with Crippen LogP contribution in [0.1, 0.15) is 32.1 Å². The summed E-state index contributed by atoms with van der Waals surface area (Å²) in [5.41, 5.74) is 3.54. The van der Waals surface area contributed by atoms with Gasteiger partial charge in [0.05, 0.1) is 22.5 Å². The number of hydrogen-bond acceptors (Lipinski definition) is 4. The van der Waals surface area contributed by atoms with Crippen LogP contribution in [0.25, 0.3) is 5.82 Å². The number of benzene rings is 2. The van der Waals surface area contributed by atoms with E-state index < -0.39 is 0 Å². The number of halogens is 1. The number of para-hydroxylation sites is 1. The molecule has 0 fully saturated rings. The normalized spacial score (nSPS) is 10.6. The molecule has 0 aliphatic heterocycles. The van der Waals surface area contributed by atoms with Gasteiger partial charge in [-0.25, -0.2) is 9.67 Å². The minimum Gasteiger partial charge on any atom is -0.322 e. The van der Waals surface area contributed by atoms with E-state index in [0.717, 1.165) is 11.4 Å². The standard InChI is InChI=1S/C24H20ClN5O2/c1-15-13-16(2)30(29-15)22-12-7-17(14-26-22)23(31)28-21-6-4-3-5-20(21)24(32)27-19-10-8-18(25)9-11-19/h3-14H,1-2H3,(H,27,32)(H,28,31). The van der Waals surface area contributed by atoms with Crippen LogP contribution in [0.4, 0.5) is 11.4 Å². The Labute approximate surface area is 190 Å². The number of carbonyl (C=O) groups excluding carboxylic acids is 2. The molecule has 0 unspecified atom stereocenters. The number of anilines is 2. The highest BCUT2D eigenvalue weighted by molar-refractivity contribution is 6.30. The Morgan fingerprint density at radius 3 is 2.31 bits per heavy atom. The lowest BCUT2D eigenvalue weighted by Gasteiger charge is -2.12. The zero-order valence-electron chi connectivity index (χ0n) is 17.5. The fourth-order valence-electron chi connectivity index (χ4n) is 3.22. The first-order valence-electron chi connectivity index (χ1n) is 9.88. The summed E-state index contributed by atoms with van der Waals surface area (Å²) in [7, 11) is 0. The highest BCUT2D eigenvalue weighted by Gasteiger charge is 2.15. The van der Waals surface area contributed by atoms with Crippen LogP contribution in [0, 0.1) is 13.8 Å². The highest BCUT2D eigenvalue weighted by atomic mass is 35.5. The summed E-state index contributed by atoms with van der Waals surface area (Å²) in [4.78, 5) is 29.9. The molecule has 0 saturated heterocycles. The van der Waals surface area contributed by atoms with Crippen molar-refractivity contribution in [3.63, 3.8) is 0 Å². The molecule has 2 amide bonds. The van der Waals surface area contributed by atoms with Crippen LogP contribution in [-0.2, 0) is 0 Å². The fraction of sp³-hybridized carbons (Fsp3) is 0.0833. The first kappa shape index (κ1) is 21.3. The van der Waals surface area contributed by atoms with Crippen LogP contribution >= 0.6 is 11.6 Å². The Hall–Kier alpha value is -3.97. The van der Waals surface area contributed by atoms with Gasteiger partial charge in [-0.1, -0.05) is 23.7 Å². The molecule has 0 spiro atoms. The van der Waals surface area contributed by atoms with Crippen LogP contribution in [0.3, 0.4) is 0 Å². The Morgan fingerprint density at radius 1 is 0.906 bits per heavy atom. The molecular formula is C24H20ClN5O2. The molecule has 0 aliphatic rings. The Balaban J connectivity index is 1.50. The Morgan fingerprint density at radius 2 is 1.66 bits per heavy atom. The predicted octanol–water partition coefficient (Wildman–Crippen LogP) is 5.04. The van der Waals surface area contributed by atoms with Crippen molar-refractivity contribution < 1.29 is 9.59 Å². The Kier molecular flexibility index (Phi) is 6.00. The second-order valence-electron chi connectivity index (χ2n) is 7.20. The molecule has 7 nitrogen and oxygen atoms in total. The molecule has 2 aromatic heterocycles. The molecule has 0 radical (unpaired) electrons. The van der Waals surface area contributed by atoms with E-state index in [-0.39, 0.29) is 11.8 Å². The molecule has 160 valence electrons. The van der Waals surface area contributed by atoms with Crippen molar-refractivity contribution in [2.75, 3.05) is 10.6 Å². The zero-order valence-corrected chi connectivity index (χ0v) is 18.2. The summed E-state index contributed by atoms with van der Waals surface area (Å²) in [5.74, 6) is -0.0970. The van der Waals surface area contributed by atoms with Crippen molar-refractivity contribution >= 4 is 34.8 Å². The third-order valence-electron chi connectivity index (χ3n) is 4.76. The van der Waals surface area contributed by atoms with Gasteiger partial charge in [-0.15, -0.1) is 0 Å². The SMILES string of the molecule is Cc1cc(C)n(-c2ccc(C(=O)Nc3ccccc3C(=O)Nc3ccc(Cl)cc3)cn2)n1. The number of rotatable bonds is 5. The average Bonchev–Trinajstić information content (AvgIpc) is 3.13. The van der Waals surface area contributed by atoms with Crippen LogP contribution < -0.4 is 10.6 Å². The van der Waals surface area contributed by atoms with Gasteiger partial charge in [0.1, 0.15) is 0 Å². The summed E-state index contributed by atoms with van der Waals surface area (Å²) >= 11 is 5.89. The molecule has 0 saturated carbocycles. The molecule has 2 N–H and O–H groups in total. The van der Waals surface area contributed by atoms with Crippen molar-refractivity contribution in [3.05, 3.63) is 100 Å². The quantitative estimate of drug-likeness (QED) is 0.450. The smallest absolute Gasteiger partial charge is 0.257 e. The number of hydrogen-bond donors (Lipinski definition) is 2. The van der Waals surface area contributed by atoms with Crippen LogP contribution in [0.15, 0.2) is 72.9 Å². The topological polar surface area (TPSA) is 88.9 Å². The largest absolute Gasteiger partial charge is 0.322 e. The maximum atomic E-state index is 12.8. The van der Waals surface area contributed by atoms with Crippen molar-refractivity contribution in [3.8, 4) is 5.82 Å². The van der Waals surface area contributed by atoms with Crippen molar-refractivity contribution in [1.82, 2.24) is 14.8 Å². The third-order valence-corrected chi connectivity index (χ3v) is 5.01. The lowest BCUT2D eigenvalue weighted by molar-refractivity contribution is 0.102. The van der Waals surface area contributed by atoms with Crippen LogP contribution in [-0.4, -0.2) is 26.6 Å². The third kappa shape index (κ3) is 4.68. The molecule has 2 aromatic carbocycles. The lowest BCUT2D eigenvalue weighted by Crippen LogP contribution is -2.18. The van der Waals surface area contributed by atoms with Gasteiger partial charge in [-0.05, 0) is 68.4 Å². The van der Waals surface area contributed by atoms with Crippen molar-refractivity contribution in [2.24, 2.45) is 0 Å². The molecular weight excluding hydrogens is 426 g/mol. The van der Waals surface area contributed by atoms with E-state index in [1.807, 2.05) is 19.9 Å². The van der Waals surface area contributed by atoms with E-state index in [4.69, 9.17) is 11.6 Å². The van der Waals surface area contributed by atoms with Gasteiger partial charge in [0.2, 0.25) is 0 Å². The van der Waals surface area contributed by atoms with E-state index in [0.29, 0.717) is 33.3 Å². The maximum absolute atomic E-state index is 12.8. The summed E-state index contributed by atoms with van der Waals surface area (Å²) in [6, 6.07) is 18.9. The molecule has 2 heterocycles. The number of aryl methyl sites for hydroxylation is 2. The molecule has 0 aliphatic carbocycles. The number of nitrogens with one attached hydrogen (secondary N) is 2. The molecule has 8 heteroatoms. The highest BCUT2D eigenvalue weighted by Crippen LogP contribution is 2.20. The lowest BCUT2D eigenvalue weighted by atomic mass is 10.1. The van der Waals surface area contributed by atoms with Gasteiger partial charge in [-0.3, -0.25) is 9.59 Å². The summed E-state index contributed by atoms with van der Waals surface area (Å²) in [5, 5.41) is 10.6. The number of carbonyl (C=O) groups is 2. The zero-order chi connectivity index (χ0) is 22.7. The fourth-order valence-corrected chi connectivity index (χ4v) is 3.35. The van der Waals surface area contributed by atoms with E-state index in [1.54, 1.807) is 65.3 Å². The van der Waals surface area contributed by atoms with Crippen LogP contribution in [0.2, 0.25) is 5.02 Å². The number of nitrogens with zero attached hydrogens (tertiary/aromatic N) is 3. The van der Waals surface area contributed by atoms with E-state index in [2.05, 4.69) is 20.7 Å². The number of aromatic nitrogens is 3. The predicted molar refractivity (Wildman–Crippen MR) is 125 cm³/mol. The number of amides is 2. The minimum atomic E-state index is -0.371. The molecule has 32 heavy (non-hydrogen) atoms. The van der Waals surface area contributed by atoms with Crippen molar-refractivity contribution in [1.29, 1.82) is 0 Å². The first-order chi connectivity index (χ1) is 15.4. The van der Waals surface area contributed by atoms with E-state index >= 15 is 0 Å².